The topological polar surface area (TPSA) is 377 Å². The van der Waals surface area contributed by atoms with Gasteiger partial charge in [-0.1, -0.05) is 48.5 Å². The Labute approximate surface area is 803 Å². The fourth-order valence-corrected chi connectivity index (χ4v) is 16.4. The van der Waals surface area contributed by atoms with E-state index in [-0.39, 0.29) is 106 Å². The van der Waals surface area contributed by atoms with Gasteiger partial charge in [0, 0.05) is 233 Å². The number of alkyl halides is 5. The van der Waals surface area contributed by atoms with Crippen molar-refractivity contribution in [3.63, 3.8) is 0 Å². The van der Waals surface area contributed by atoms with Gasteiger partial charge in [0.05, 0.1) is 81.9 Å². The van der Waals surface area contributed by atoms with Crippen molar-refractivity contribution >= 4 is 118 Å². The Kier molecular flexibility index (Phi) is 29.8. The van der Waals surface area contributed by atoms with Crippen LogP contribution in [0.3, 0.4) is 0 Å². The zero-order valence-corrected chi connectivity index (χ0v) is 76.7. The lowest BCUT2D eigenvalue weighted by Crippen LogP contribution is -2.17. The number of aromatic nitrogens is 20. The standard InChI is InChI=1S/C22H16F2N4O.C22H17FN4O.C22H16N4O2.C20H14F2N4OS.C20H14N4O2S/c1-14-4-5-18(28-10-14)9-20(29)19-8-16(7-15-3-2-6-27-21(15)19)22(23,24)17-11-25-13-26-12-17;1-14-4-5-18(27-10-14)9-20(28)19-8-16(7-15-3-2-6-26-22(15)19)21(23)17-11-24-13-25-12-17;1-14-4-5-18(26-10-14)9-20(27)19-8-16(7-15-3-2-6-25-21(15)19)22(28)17-11-23-13-24-12-17;1-12-10-28-18(26-12)7-17(27)16-6-14(5-13-3-2-4-25-19(13)16)20(21,22)15-8-23-11-24-9-15;1-12-10-27-18(24-12)7-17(25)16-6-14(5-13-3-2-4-23-19(13)16)20(26)15-8-21-11-22-9-15/h2-8,10-13H,9H2,1H3;2-8,10-13,21H,9H2,1H3;2-8,10-13H,9H2,1H3;2-6,8-11H,7H2,1H3;2-6,8-11H,7H2,1H3. The fraction of sp³-hybridized carbons (Fsp3) is 0.123. The summed E-state index contributed by atoms with van der Waals surface area (Å²) in [6.07, 6.45) is 31.6. The summed E-state index contributed by atoms with van der Waals surface area (Å²) in [6.45, 7) is 9.51. The van der Waals surface area contributed by atoms with Gasteiger partial charge in [-0.3, -0.25) is 73.4 Å². The number of halogens is 5. The van der Waals surface area contributed by atoms with Crippen LogP contribution in [0.25, 0.3) is 54.5 Å². The third-order valence-electron chi connectivity index (χ3n) is 21.9. The number of rotatable bonds is 25. The van der Waals surface area contributed by atoms with E-state index in [1.807, 2.05) is 93.9 Å². The van der Waals surface area contributed by atoms with Crippen LogP contribution in [0.1, 0.15) is 178 Å². The molecule has 0 radical (unpaired) electrons. The molecule has 1 unspecified atom stereocenters. The summed E-state index contributed by atoms with van der Waals surface area (Å²) in [7, 11) is 0. The predicted molar refractivity (Wildman–Crippen MR) is 515 cm³/mol. The zero-order chi connectivity index (χ0) is 98.0. The Morgan fingerprint density at radius 1 is 0.293 bits per heavy atom. The highest BCUT2D eigenvalue weighted by molar-refractivity contribution is 7.10. The Hall–Kier alpha value is -17.4. The minimum Gasteiger partial charge on any atom is -0.294 e. The highest BCUT2D eigenvalue weighted by Crippen LogP contribution is 2.41. The molecule has 27 nitrogen and oxygen atoms in total. The van der Waals surface area contributed by atoms with E-state index in [0.717, 1.165) is 68.6 Å². The van der Waals surface area contributed by atoms with E-state index in [9.17, 15) is 33.6 Å². The lowest BCUT2D eigenvalue weighted by Gasteiger charge is -2.18. The minimum atomic E-state index is -3.36. The van der Waals surface area contributed by atoms with Gasteiger partial charge in [-0.15, -0.1) is 22.7 Å². The van der Waals surface area contributed by atoms with Gasteiger partial charge in [-0.25, -0.2) is 64.2 Å². The van der Waals surface area contributed by atoms with Crippen molar-refractivity contribution in [3.05, 3.63) is 450 Å². The molecule has 0 saturated carbocycles. The third kappa shape index (κ3) is 23.0. The maximum Gasteiger partial charge on any atom is 0.301 e. The first-order chi connectivity index (χ1) is 67.7. The summed E-state index contributed by atoms with van der Waals surface area (Å²) >= 11 is 2.82. The molecule has 690 valence electrons. The van der Waals surface area contributed by atoms with Crippen molar-refractivity contribution in [2.24, 2.45) is 0 Å². The SMILES string of the molecule is Cc1ccc(CC(=O)c2cc(C(=O)c3cncnc3)cc3cccnc23)nc1.Cc1ccc(CC(=O)c2cc(C(F)(F)c3cncnc3)cc3cccnc23)nc1.Cc1ccc(CC(=O)c2cc(C(F)c3cncnc3)cc3cccnc23)nc1.Cc1csc(CC(=O)c2cc(C(=O)c3cncnc3)cc3cccnc23)n1.Cc1csc(CC(=O)c2cc(C(F)(F)c3cncnc3)cc3cccnc23)n1. The summed E-state index contributed by atoms with van der Waals surface area (Å²) in [5.74, 6) is -8.23. The van der Waals surface area contributed by atoms with E-state index in [2.05, 4.69) is 99.7 Å². The summed E-state index contributed by atoms with van der Waals surface area (Å²) in [6, 6.07) is 43.6. The van der Waals surface area contributed by atoms with Gasteiger partial charge in [-0.2, -0.15) is 17.6 Å². The number of carbonyl (C=O) groups is 7. The first kappa shape index (κ1) is 95.7. The smallest absolute Gasteiger partial charge is 0.294 e. The molecule has 140 heavy (non-hydrogen) atoms. The number of thiazole rings is 2. The molecule has 20 rings (SSSR count). The van der Waals surface area contributed by atoms with E-state index in [1.165, 1.54) is 128 Å². The van der Waals surface area contributed by atoms with Crippen LogP contribution in [0.15, 0.2) is 312 Å². The van der Waals surface area contributed by atoms with Crippen molar-refractivity contribution in [1.29, 1.82) is 0 Å². The van der Waals surface area contributed by atoms with Crippen molar-refractivity contribution in [2.75, 3.05) is 0 Å². The van der Waals surface area contributed by atoms with Gasteiger partial charge in [0.2, 0.25) is 0 Å². The molecular weight excluding hydrogens is 1820 g/mol. The van der Waals surface area contributed by atoms with E-state index < -0.39 is 18.0 Å². The number of aryl methyl sites for hydroxylation is 5. The van der Waals surface area contributed by atoms with E-state index in [1.54, 1.807) is 122 Å². The molecule has 34 heteroatoms. The van der Waals surface area contributed by atoms with Gasteiger partial charge >= 0.3 is 11.8 Å². The van der Waals surface area contributed by atoms with Crippen molar-refractivity contribution in [3.8, 4) is 0 Å². The summed E-state index contributed by atoms with van der Waals surface area (Å²) in [5, 5.41) is 8.24. The Morgan fingerprint density at radius 2 is 0.586 bits per heavy atom. The van der Waals surface area contributed by atoms with Crippen LogP contribution >= 0.6 is 22.7 Å². The quantitative estimate of drug-likeness (QED) is 0.0379. The van der Waals surface area contributed by atoms with E-state index in [0.29, 0.717) is 116 Å². The molecule has 20 aromatic rings. The van der Waals surface area contributed by atoms with Crippen LogP contribution in [0.4, 0.5) is 22.0 Å². The molecule has 0 aliphatic carbocycles. The van der Waals surface area contributed by atoms with Crippen LogP contribution in [0, 0.1) is 34.6 Å². The van der Waals surface area contributed by atoms with Crippen LogP contribution < -0.4 is 0 Å². The molecule has 0 amide bonds. The lowest BCUT2D eigenvalue weighted by atomic mass is 9.94. The molecular formula is C106H77F5N20O7S2. The van der Waals surface area contributed by atoms with Crippen LogP contribution in [0.2, 0.25) is 0 Å². The van der Waals surface area contributed by atoms with Crippen molar-refractivity contribution in [1.82, 2.24) is 99.7 Å². The molecule has 0 aliphatic rings. The number of Topliss-reactive ketones (excluding diaryl/α,β-unsaturated/α-hetero) is 5. The normalized spacial score (nSPS) is 11.4. The number of ketones is 7. The largest absolute Gasteiger partial charge is 0.301 e. The molecule has 0 fully saturated rings. The third-order valence-corrected chi connectivity index (χ3v) is 23.8. The molecule has 15 heterocycles. The van der Waals surface area contributed by atoms with Gasteiger partial charge < -0.3 is 0 Å². The molecule has 0 N–H and O–H groups in total. The second-order valence-electron chi connectivity index (χ2n) is 32.1. The van der Waals surface area contributed by atoms with Gasteiger partial charge in [0.25, 0.3) is 0 Å². The maximum absolute atomic E-state index is 15.1. The number of fused-ring (bicyclic) bond motifs is 5. The Bertz CT molecular complexity index is 7980. The average molecular weight is 1900 g/mol. The number of benzene rings is 5. The highest BCUT2D eigenvalue weighted by Gasteiger charge is 2.38. The average Bonchev–Trinajstić information content (AvgIpc) is 0.919. The molecule has 0 aliphatic heterocycles. The van der Waals surface area contributed by atoms with Crippen molar-refractivity contribution in [2.45, 2.75) is 84.7 Å². The number of pyridine rings is 8. The molecule has 15 aromatic heterocycles. The number of carbonyl (C=O) groups excluding carboxylic acids is 7. The molecule has 5 aromatic carbocycles. The maximum atomic E-state index is 15.1. The number of hydrogen-bond acceptors (Lipinski definition) is 29. The number of hydrogen-bond donors (Lipinski definition) is 0. The lowest BCUT2D eigenvalue weighted by molar-refractivity contribution is 0.0416. The summed E-state index contributed by atoms with van der Waals surface area (Å²) in [5.41, 5.74) is 11.6. The monoisotopic (exact) mass is 1900 g/mol. The molecule has 0 saturated heterocycles. The molecule has 0 spiro atoms. The van der Waals surface area contributed by atoms with Crippen molar-refractivity contribution < 1.29 is 55.5 Å². The predicted octanol–water partition coefficient (Wildman–Crippen LogP) is 19.7. The van der Waals surface area contributed by atoms with E-state index in [4.69, 9.17) is 0 Å². The zero-order valence-electron chi connectivity index (χ0n) is 75.1. The van der Waals surface area contributed by atoms with Gasteiger partial charge in [0.1, 0.15) is 41.7 Å². The Morgan fingerprint density at radius 3 is 0.900 bits per heavy atom. The molecule has 0 bridgehead atoms. The summed E-state index contributed by atoms with van der Waals surface area (Å²) in [4.78, 5) is 172. The second kappa shape index (κ2) is 43.5. The highest BCUT2D eigenvalue weighted by atomic mass is 32.1. The van der Waals surface area contributed by atoms with Gasteiger partial charge in [0.15, 0.2) is 46.7 Å². The molecule has 1 atom stereocenters. The van der Waals surface area contributed by atoms with Gasteiger partial charge in [-0.05, 0) is 166 Å². The second-order valence-corrected chi connectivity index (χ2v) is 34.0. The van der Waals surface area contributed by atoms with Crippen LogP contribution in [-0.4, -0.2) is 140 Å². The fourth-order valence-electron chi connectivity index (χ4n) is 14.9. The first-order valence-corrected chi connectivity index (χ1v) is 44.9. The van der Waals surface area contributed by atoms with Crippen LogP contribution in [-0.2, 0) is 43.9 Å². The van der Waals surface area contributed by atoms with E-state index >= 15 is 22.0 Å². The first-order valence-electron chi connectivity index (χ1n) is 43.2. The Balaban J connectivity index is 0.000000126. The summed E-state index contributed by atoms with van der Waals surface area (Å²) < 4.78 is 75.4. The van der Waals surface area contributed by atoms with Crippen LogP contribution in [0.5, 0.6) is 0 Å². The number of nitrogens with zero attached hydrogens (tertiary/aromatic N) is 20. The minimum absolute atomic E-state index is 0.00454.